The molecule has 0 radical (unpaired) electrons. The third-order valence-corrected chi connectivity index (χ3v) is 5.27. The molecule has 1 aliphatic rings. The van der Waals surface area contributed by atoms with Crippen molar-refractivity contribution in [1.29, 1.82) is 0 Å². The molecule has 172 valence electrons. The van der Waals surface area contributed by atoms with Crippen molar-refractivity contribution >= 4 is 29.4 Å². The maximum Gasteiger partial charge on any atom is 0.289 e. The van der Waals surface area contributed by atoms with Crippen LogP contribution < -0.4 is 16.0 Å². The Morgan fingerprint density at radius 1 is 0.909 bits per heavy atom. The second-order valence-electron chi connectivity index (χ2n) is 7.87. The lowest BCUT2D eigenvalue weighted by Gasteiger charge is -2.20. The first-order valence-corrected chi connectivity index (χ1v) is 10.6. The minimum absolute atomic E-state index is 0.192. The van der Waals surface area contributed by atoms with Crippen molar-refractivity contribution < 1.29 is 24.0 Å². The van der Waals surface area contributed by atoms with Crippen molar-refractivity contribution in [1.82, 2.24) is 20.9 Å². The summed E-state index contributed by atoms with van der Waals surface area (Å²) in [5.41, 5.74) is 2.25. The molecule has 2 aromatic rings. The lowest BCUT2D eigenvalue weighted by Crippen LogP contribution is -2.52. The molecule has 0 bridgehead atoms. The number of rotatable bonds is 9. The van der Waals surface area contributed by atoms with Crippen LogP contribution in [0, 0.1) is 0 Å². The average molecular weight is 450 g/mol. The van der Waals surface area contributed by atoms with Crippen LogP contribution >= 0.6 is 0 Å². The molecule has 0 saturated heterocycles. The predicted molar refractivity (Wildman–Crippen MR) is 120 cm³/mol. The number of amides is 4. The van der Waals surface area contributed by atoms with Crippen molar-refractivity contribution in [3.05, 3.63) is 71.3 Å². The highest BCUT2D eigenvalue weighted by Gasteiger charge is 2.29. The molecular weight excluding hydrogens is 424 g/mol. The minimum atomic E-state index is -1.07. The molecule has 4 amide bonds. The molecule has 2 aromatic carbocycles. The summed E-state index contributed by atoms with van der Waals surface area (Å²) in [5, 5.41) is 7.47. The van der Waals surface area contributed by atoms with Crippen LogP contribution in [0.25, 0.3) is 0 Å². The standard InChI is InChI=1S/C24H26N4O5/c1-15(21(30)23(32)25-12-17-8-4-3-5-9-17)27-22(31)16(2)26-20(29)14-28-13-18-10-6-7-11-19(18)24(28)33/h3-11,15-16H,12-14H2,1-2H3,(H,25,32)(H,26,29)(H,27,31)/t15?,16-/m0/s1. The Labute approximate surface area is 191 Å². The first-order valence-electron chi connectivity index (χ1n) is 10.6. The van der Waals surface area contributed by atoms with Gasteiger partial charge in [-0.05, 0) is 31.0 Å². The summed E-state index contributed by atoms with van der Waals surface area (Å²) in [4.78, 5) is 62.8. The van der Waals surface area contributed by atoms with Gasteiger partial charge in [0.2, 0.25) is 17.6 Å². The Balaban J connectivity index is 1.43. The van der Waals surface area contributed by atoms with E-state index in [-0.39, 0.29) is 19.0 Å². The van der Waals surface area contributed by atoms with Gasteiger partial charge in [0.05, 0.1) is 6.04 Å². The highest BCUT2D eigenvalue weighted by molar-refractivity contribution is 6.38. The molecule has 3 rings (SSSR count). The largest absolute Gasteiger partial charge is 0.345 e. The highest BCUT2D eigenvalue weighted by atomic mass is 16.2. The first kappa shape index (κ1) is 23.6. The molecular formula is C24H26N4O5. The quantitative estimate of drug-likeness (QED) is 0.481. The molecule has 1 aliphatic heterocycles. The van der Waals surface area contributed by atoms with Gasteiger partial charge in [-0.2, -0.15) is 0 Å². The van der Waals surface area contributed by atoms with Crippen LogP contribution in [0.15, 0.2) is 54.6 Å². The Bertz CT molecular complexity index is 1070. The molecule has 1 heterocycles. The van der Waals surface area contributed by atoms with E-state index in [0.717, 1.165) is 11.1 Å². The number of Topliss-reactive ketones (excluding diaryl/α,β-unsaturated/α-hetero) is 1. The van der Waals surface area contributed by atoms with Crippen molar-refractivity contribution in [3.8, 4) is 0 Å². The molecule has 9 nitrogen and oxygen atoms in total. The summed E-state index contributed by atoms with van der Waals surface area (Å²) in [6.45, 7) is 3.18. The van der Waals surface area contributed by atoms with Gasteiger partial charge in [-0.3, -0.25) is 24.0 Å². The van der Waals surface area contributed by atoms with Gasteiger partial charge in [-0.15, -0.1) is 0 Å². The highest BCUT2D eigenvalue weighted by Crippen LogP contribution is 2.21. The molecule has 0 saturated carbocycles. The topological polar surface area (TPSA) is 125 Å². The van der Waals surface area contributed by atoms with E-state index in [2.05, 4.69) is 16.0 Å². The average Bonchev–Trinajstić information content (AvgIpc) is 3.12. The van der Waals surface area contributed by atoms with Gasteiger partial charge in [0.1, 0.15) is 12.6 Å². The van der Waals surface area contributed by atoms with Gasteiger partial charge < -0.3 is 20.9 Å². The van der Waals surface area contributed by atoms with E-state index >= 15 is 0 Å². The number of fused-ring (bicyclic) bond motifs is 1. The van der Waals surface area contributed by atoms with E-state index in [4.69, 9.17) is 0 Å². The molecule has 0 spiro atoms. The normalized spacial score (nSPS) is 14.1. The lowest BCUT2D eigenvalue weighted by molar-refractivity contribution is -0.140. The van der Waals surface area contributed by atoms with Gasteiger partial charge >= 0.3 is 0 Å². The van der Waals surface area contributed by atoms with Crippen LogP contribution in [0.4, 0.5) is 0 Å². The van der Waals surface area contributed by atoms with E-state index in [1.165, 1.54) is 18.7 Å². The van der Waals surface area contributed by atoms with Crippen molar-refractivity contribution in [3.63, 3.8) is 0 Å². The van der Waals surface area contributed by atoms with Gasteiger partial charge in [0, 0.05) is 18.7 Å². The third-order valence-electron chi connectivity index (χ3n) is 5.27. The maximum absolute atomic E-state index is 12.4. The summed E-state index contributed by atoms with van der Waals surface area (Å²) in [6, 6.07) is 14.2. The molecule has 9 heteroatoms. The van der Waals surface area contributed by atoms with E-state index in [1.54, 1.807) is 12.1 Å². The second kappa shape index (κ2) is 10.5. The Morgan fingerprint density at radius 2 is 1.58 bits per heavy atom. The number of carbonyl (C=O) groups excluding carboxylic acids is 5. The van der Waals surface area contributed by atoms with Gasteiger partial charge in [-0.25, -0.2) is 0 Å². The molecule has 1 unspecified atom stereocenters. The molecule has 0 fully saturated rings. The van der Waals surface area contributed by atoms with Crippen LogP contribution in [0.5, 0.6) is 0 Å². The fourth-order valence-electron chi connectivity index (χ4n) is 3.43. The van der Waals surface area contributed by atoms with Crippen LogP contribution in [-0.2, 0) is 32.3 Å². The second-order valence-corrected chi connectivity index (χ2v) is 7.87. The smallest absolute Gasteiger partial charge is 0.289 e. The van der Waals surface area contributed by atoms with Gasteiger partial charge in [0.15, 0.2) is 0 Å². The van der Waals surface area contributed by atoms with E-state index in [0.29, 0.717) is 12.1 Å². The minimum Gasteiger partial charge on any atom is -0.345 e. The summed E-state index contributed by atoms with van der Waals surface area (Å²) in [5.74, 6) is -2.96. The van der Waals surface area contributed by atoms with E-state index in [1.807, 2.05) is 42.5 Å². The number of carbonyl (C=O) groups is 5. The molecule has 0 aromatic heterocycles. The molecule has 3 N–H and O–H groups in total. The number of nitrogens with one attached hydrogen (secondary N) is 3. The fourth-order valence-corrected chi connectivity index (χ4v) is 3.43. The zero-order valence-corrected chi connectivity index (χ0v) is 18.5. The zero-order chi connectivity index (χ0) is 24.0. The maximum atomic E-state index is 12.4. The predicted octanol–water partition coefficient (Wildman–Crippen LogP) is 0.537. The lowest BCUT2D eigenvalue weighted by atomic mass is 10.1. The Morgan fingerprint density at radius 3 is 2.27 bits per heavy atom. The Kier molecular flexibility index (Phi) is 7.55. The van der Waals surface area contributed by atoms with E-state index in [9.17, 15) is 24.0 Å². The molecule has 33 heavy (non-hydrogen) atoms. The van der Waals surface area contributed by atoms with Crippen molar-refractivity contribution in [2.24, 2.45) is 0 Å². The van der Waals surface area contributed by atoms with Crippen molar-refractivity contribution in [2.75, 3.05) is 6.54 Å². The Hall–Kier alpha value is -4.01. The molecule has 0 aliphatic carbocycles. The summed E-state index contributed by atoms with van der Waals surface area (Å²) >= 11 is 0. The van der Waals surface area contributed by atoms with Gasteiger partial charge in [-0.1, -0.05) is 48.5 Å². The first-order chi connectivity index (χ1) is 15.8. The summed E-state index contributed by atoms with van der Waals surface area (Å²) < 4.78 is 0. The van der Waals surface area contributed by atoms with E-state index < -0.39 is 35.6 Å². The SMILES string of the molecule is CC(NC(=O)[C@H](C)NC(=O)CN1Cc2ccccc2C1=O)C(=O)C(=O)NCc1ccccc1. The number of hydrogen-bond donors (Lipinski definition) is 3. The molecule has 2 atom stereocenters. The van der Waals surface area contributed by atoms with Crippen molar-refractivity contribution in [2.45, 2.75) is 39.0 Å². The van der Waals surface area contributed by atoms with Gasteiger partial charge in [0.25, 0.3) is 11.8 Å². The monoisotopic (exact) mass is 450 g/mol. The van der Waals surface area contributed by atoms with Crippen LogP contribution in [0.2, 0.25) is 0 Å². The number of nitrogens with zero attached hydrogens (tertiary/aromatic N) is 1. The number of benzene rings is 2. The zero-order valence-electron chi connectivity index (χ0n) is 18.5. The third kappa shape index (κ3) is 6.03. The number of hydrogen-bond acceptors (Lipinski definition) is 5. The van der Waals surface area contributed by atoms with Crippen LogP contribution in [-0.4, -0.2) is 52.9 Å². The summed E-state index contributed by atoms with van der Waals surface area (Å²) in [7, 11) is 0. The van der Waals surface area contributed by atoms with Crippen LogP contribution in [0.1, 0.15) is 35.3 Å². The van der Waals surface area contributed by atoms with Crippen LogP contribution in [0.3, 0.4) is 0 Å². The number of ketones is 1. The fraction of sp³-hybridized carbons (Fsp3) is 0.292. The summed E-state index contributed by atoms with van der Waals surface area (Å²) in [6.07, 6.45) is 0.